The fourth-order valence-electron chi connectivity index (χ4n) is 2.34. The Kier molecular flexibility index (Phi) is 2.90. The maximum Gasteiger partial charge on any atom is 0.0919 e. The van der Waals surface area contributed by atoms with Crippen LogP contribution in [0.2, 0.25) is 0 Å². The number of allylic oxidation sites excluding steroid dienone is 2. The average Bonchev–Trinajstić information content (AvgIpc) is 3.02. The van der Waals surface area contributed by atoms with Gasteiger partial charge in [-0.15, -0.1) is 22.7 Å². The Balaban J connectivity index is 2.00. The third-order valence-electron chi connectivity index (χ3n) is 3.46. The second-order valence-electron chi connectivity index (χ2n) is 4.34. The van der Waals surface area contributed by atoms with Crippen LogP contribution in [-0.2, 0) is 0 Å². The third-order valence-corrected chi connectivity index (χ3v) is 8.36. The number of hydrogen-bond donors (Lipinski definition) is 0. The van der Waals surface area contributed by atoms with Crippen LogP contribution in [0.25, 0.3) is 10.4 Å². The number of thiophene rings is 2. The molecule has 0 spiro atoms. The van der Waals surface area contributed by atoms with Gasteiger partial charge in [-0.1, -0.05) is 12.1 Å². The minimum atomic E-state index is -0.282. The molecule has 3 heteroatoms. The molecule has 17 heavy (non-hydrogen) atoms. The van der Waals surface area contributed by atoms with Crippen LogP contribution < -0.4 is 0 Å². The zero-order valence-electron chi connectivity index (χ0n) is 9.99. The minimum Gasteiger partial charge on any atom is -0.145 e. The molecule has 0 atom stereocenters. The van der Waals surface area contributed by atoms with Gasteiger partial charge in [0, 0.05) is 9.75 Å². The average molecular weight is 274 g/mol. The summed E-state index contributed by atoms with van der Waals surface area (Å²) in [5, 5.41) is 7.67. The Labute approximate surface area is 112 Å². The first-order valence-corrected chi connectivity index (χ1v) is 8.92. The summed E-state index contributed by atoms with van der Waals surface area (Å²) < 4.78 is 0. The van der Waals surface area contributed by atoms with Crippen LogP contribution in [0.5, 0.6) is 0 Å². The third kappa shape index (κ3) is 1.88. The van der Waals surface area contributed by atoms with Gasteiger partial charge in [-0.05, 0) is 58.3 Å². The first-order valence-electron chi connectivity index (χ1n) is 5.75. The van der Waals surface area contributed by atoms with Gasteiger partial charge in [-0.3, -0.25) is 0 Å². The van der Waals surface area contributed by atoms with Crippen molar-refractivity contribution in [2.24, 2.45) is 0 Å². The van der Waals surface area contributed by atoms with E-state index in [2.05, 4.69) is 48.9 Å². The summed E-state index contributed by atoms with van der Waals surface area (Å²) in [5.41, 5.74) is 3.06. The zero-order valence-corrected chi connectivity index (χ0v) is 13.0. The summed E-state index contributed by atoms with van der Waals surface area (Å²) in [7, 11) is -0.282. The van der Waals surface area contributed by atoms with Crippen molar-refractivity contribution in [3.63, 3.8) is 0 Å². The van der Waals surface area contributed by atoms with Gasteiger partial charge in [-0.25, -0.2) is 0 Å². The highest BCUT2D eigenvalue weighted by Crippen LogP contribution is 2.39. The standard InChI is InChI=1S/C14H14S2Si/c1-9-10(2)14(12-6-4-8-16-12)17-13(9)11-5-3-7-15-11/h3-8H,17H2,1-2H3. The van der Waals surface area contributed by atoms with Crippen LogP contribution >= 0.6 is 22.7 Å². The smallest absolute Gasteiger partial charge is 0.0919 e. The Morgan fingerprint density at radius 2 is 1.29 bits per heavy atom. The van der Waals surface area contributed by atoms with Crippen LogP contribution in [0, 0.1) is 0 Å². The van der Waals surface area contributed by atoms with Crippen molar-refractivity contribution >= 4 is 42.6 Å². The molecule has 3 rings (SSSR count). The molecule has 0 nitrogen and oxygen atoms in total. The molecule has 0 aromatic carbocycles. The summed E-state index contributed by atoms with van der Waals surface area (Å²) >= 11 is 3.76. The Hall–Kier alpha value is -0.903. The van der Waals surface area contributed by atoms with Gasteiger partial charge >= 0.3 is 0 Å². The van der Waals surface area contributed by atoms with E-state index in [1.165, 1.54) is 20.9 Å². The van der Waals surface area contributed by atoms with Crippen LogP contribution in [0.1, 0.15) is 23.6 Å². The van der Waals surface area contributed by atoms with Gasteiger partial charge in [-0.2, -0.15) is 0 Å². The molecule has 0 amide bonds. The second-order valence-corrected chi connectivity index (χ2v) is 8.00. The van der Waals surface area contributed by atoms with E-state index in [1.54, 1.807) is 10.4 Å². The van der Waals surface area contributed by atoms with E-state index >= 15 is 0 Å². The van der Waals surface area contributed by atoms with Crippen molar-refractivity contribution in [3.8, 4) is 0 Å². The molecule has 0 fully saturated rings. The van der Waals surface area contributed by atoms with Gasteiger partial charge in [0.25, 0.3) is 0 Å². The fraction of sp³-hybridized carbons (Fsp3) is 0.143. The topological polar surface area (TPSA) is 0 Å². The lowest BCUT2D eigenvalue weighted by Crippen LogP contribution is -1.93. The summed E-state index contributed by atoms with van der Waals surface area (Å²) in [6, 6.07) is 8.85. The maximum absolute atomic E-state index is 2.29. The predicted octanol–water partition coefficient (Wildman–Crippen LogP) is 4.15. The Morgan fingerprint density at radius 1 is 0.824 bits per heavy atom. The molecule has 2 aromatic rings. The first kappa shape index (κ1) is 11.2. The maximum atomic E-state index is 2.29. The van der Waals surface area contributed by atoms with Gasteiger partial charge < -0.3 is 0 Å². The van der Waals surface area contributed by atoms with E-state index in [-0.39, 0.29) is 9.52 Å². The Bertz CT molecular complexity index is 532. The van der Waals surface area contributed by atoms with Crippen molar-refractivity contribution < 1.29 is 0 Å². The van der Waals surface area contributed by atoms with Crippen molar-refractivity contribution in [2.75, 3.05) is 0 Å². The van der Waals surface area contributed by atoms with Crippen molar-refractivity contribution in [1.82, 2.24) is 0 Å². The molecule has 0 unspecified atom stereocenters. The lowest BCUT2D eigenvalue weighted by molar-refractivity contribution is 1.39. The molecule has 0 N–H and O–H groups in total. The van der Waals surface area contributed by atoms with Crippen molar-refractivity contribution in [2.45, 2.75) is 13.8 Å². The highest BCUT2D eigenvalue weighted by Gasteiger charge is 2.22. The summed E-state index contributed by atoms with van der Waals surface area (Å²) in [6.45, 7) is 4.58. The van der Waals surface area contributed by atoms with Crippen LogP contribution in [0.4, 0.5) is 0 Å². The molecule has 0 saturated carbocycles. The molecule has 0 bridgehead atoms. The van der Waals surface area contributed by atoms with Crippen LogP contribution in [-0.4, -0.2) is 9.52 Å². The highest BCUT2D eigenvalue weighted by atomic mass is 32.1. The molecule has 1 aliphatic heterocycles. The lowest BCUT2D eigenvalue weighted by Gasteiger charge is -2.01. The van der Waals surface area contributed by atoms with E-state index in [0.717, 1.165) is 0 Å². The van der Waals surface area contributed by atoms with Crippen molar-refractivity contribution in [1.29, 1.82) is 0 Å². The van der Waals surface area contributed by atoms with E-state index in [0.29, 0.717) is 0 Å². The summed E-state index contributed by atoms with van der Waals surface area (Å²) in [5.74, 6) is 0. The van der Waals surface area contributed by atoms with Crippen LogP contribution in [0.3, 0.4) is 0 Å². The molecule has 3 heterocycles. The lowest BCUT2D eigenvalue weighted by atomic mass is 10.1. The monoisotopic (exact) mass is 274 g/mol. The van der Waals surface area contributed by atoms with Gasteiger partial charge in [0.2, 0.25) is 0 Å². The summed E-state index contributed by atoms with van der Waals surface area (Å²) in [4.78, 5) is 2.97. The number of hydrogen-bond acceptors (Lipinski definition) is 2. The van der Waals surface area contributed by atoms with E-state index in [1.807, 2.05) is 22.7 Å². The molecule has 2 aromatic heterocycles. The first-order chi connectivity index (χ1) is 8.27. The van der Waals surface area contributed by atoms with Gasteiger partial charge in [0.05, 0.1) is 9.52 Å². The van der Waals surface area contributed by atoms with E-state index in [4.69, 9.17) is 0 Å². The van der Waals surface area contributed by atoms with Crippen LogP contribution in [0.15, 0.2) is 46.2 Å². The molecule has 1 aliphatic rings. The molecule has 0 radical (unpaired) electrons. The Morgan fingerprint density at radius 3 is 1.65 bits per heavy atom. The molecule has 0 saturated heterocycles. The van der Waals surface area contributed by atoms with Gasteiger partial charge in [0.1, 0.15) is 0 Å². The largest absolute Gasteiger partial charge is 0.145 e. The zero-order chi connectivity index (χ0) is 11.8. The normalized spacial score (nSPS) is 16.1. The quantitative estimate of drug-likeness (QED) is 0.722. The predicted molar refractivity (Wildman–Crippen MR) is 82.4 cm³/mol. The molecular weight excluding hydrogens is 260 g/mol. The van der Waals surface area contributed by atoms with E-state index in [9.17, 15) is 0 Å². The van der Waals surface area contributed by atoms with E-state index < -0.39 is 0 Å². The minimum absolute atomic E-state index is 0.282. The summed E-state index contributed by atoms with van der Waals surface area (Å²) in [6.07, 6.45) is 0. The SMILES string of the molecule is CC1=C(c2cccs2)[SiH2]C(c2cccs2)=C1C. The molecule has 86 valence electrons. The number of rotatable bonds is 2. The molecular formula is C14H14S2Si. The fourth-order valence-corrected chi connectivity index (χ4v) is 6.78. The van der Waals surface area contributed by atoms with Crippen molar-refractivity contribution in [3.05, 3.63) is 55.9 Å². The highest BCUT2D eigenvalue weighted by molar-refractivity contribution is 7.14. The molecule has 0 aliphatic carbocycles. The second kappa shape index (κ2) is 4.41. The van der Waals surface area contributed by atoms with Gasteiger partial charge in [0.15, 0.2) is 0 Å².